The monoisotopic (exact) mass is 290 g/mol. The number of hydrogen-bond donors (Lipinski definition) is 1. The van der Waals surface area contributed by atoms with Crippen LogP contribution in [-0.4, -0.2) is 27.9 Å². The van der Waals surface area contributed by atoms with Crippen molar-refractivity contribution in [3.63, 3.8) is 0 Å². The molecule has 0 saturated carbocycles. The average molecular weight is 290 g/mol. The lowest BCUT2D eigenvalue weighted by Crippen LogP contribution is -2.08. The van der Waals surface area contributed by atoms with Crippen LogP contribution in [0.4, 0.5) is 11.4 Å². The lowest BCUT2D eigenvalue weighted by molar-refractivity contribution is -0.384. The molecule has 0 fully saturated rings. The fraction of sp³-hybridized carbons (Fsp3) is 0.357. The molecular weight excluding hydrogens is 272 g/mol. The number of benzene rings is 1. The first kappa shape index (κ1) is 14.8. The Balaban J connectivity index is 2.04. The Morgan fingerprint density at radius 2 is 2.24 bits per heavy atom. The normalized spacial score (nSPS) is 10.4. The van der Waals surface area contributed by atoms with Crippen molar-refractivity contribution < 1.29 is 9.66 Å². The van der Waals surface area contributed by atoms with Crippen LogP contribution >= 0.6 is 0 Å². The molecule has 0 spiro atoms. The summed E-state index contributed by atoms with van der Waals surface area (Å²) in [6.45, 7) is 2.97. The standard InChI is InChI=1S/C14H18N4O3/c1-3-21-14-9-11(8-13(10-14)18(19)20)15-6-4-12-5-7-16-17(12)2/h5,7-10,15H,3-4,6H2,1-2H3. The number of ether oxygens (including phenoxy) is 1. The maximum absolute atomic E-state index is 10.9. The lowest BCUT2D eigenvalue weighted by Gasteiger charge is -2.09. The number of nitrogens with zero attached hydrogens (tertiary/aromatic N) is 3. The zero-order valence-electron chi connectivity index (χ0n) is 12.1. The predicted octanol–water partition coefficient (Wildman–Crippen LogP) is 2.38. The number of non-ortho nitro benzene ring substituents is 1. The van der Waals surface area contributed by atoms with E-state index < -0.39 is 4.92 Å². The van der Waals surface area contributed by atoms with Crippen LogP contribution in [0.1, 0.15) is 12.6 Å². The van der Waals surface area contributed by atoms with Crippen molar-refractivity contribution in [2.75, 3.05) is 18.5 Å². The van der Waals surface area contributed by atoms with Gasteiger partial charge in [0.15, 0.2) is 0 Å². The van der Waals surface area contributed by atoms with Gasteiger partial charge in [-0.2, -0.15) is 5.10 Å². The largest absolute Gasteiger partial charge is 0.494 e. The Morgan fingerprint density at radius 3 is 2.86 bits per heavy atom. The summed E-state index contributed by atoms with van der Waals surface area (Å²) in [5.41, 5.74) is 1.79. The summed E-state index contributed by atoms with van der Waals surface area (Å²) in [5, 5.41) is 18.2. The van der Waals surface area contributed by atoms with Gasteiger partial charge >= 0.3 is 0 Å². The number of rotatable bonds is 7. The molecule has 0 radical (unpaired) electrons. The van der Waals surface area contributed by atoms with Crippen molar-refractivity contribution in [1.82, 2.24) is 9.78 Å². The molecule has 0 amide bonds. The number of hydrogen-bond acceptors (Lipinski definition) is 5. The van der Waals surface area contributed by atoms with E-state index in [0.717, 1.165) is 12.1 Å². The van der Waals surface area contributed by atoms with Crippen molar-refractivity contribution in [2.24, 2.45) is 7.05 Å². The van der Waals surface area contributed by atoms with E-state index in [1.165, 1.54) is 12.1 Å². The molecular formula is C14H18N4O3. The van der Waals surface area contributed by atoms with Crippen LogP contribution in [0.5, 0.6) is 5.75 Å². The minimum Gasteiger partial charge on any atom is -0.494 e. The maximum atomic E-state index is 10.9. The topological polar surface area (TPSA) is 82.2 Å². The van der Waals surface area contributed by atoms with E-state index in [1.807, 2.05) is 20.0 Å². The van der Waals surface area contributed by atoms with E-state index >= 15 is 0 Å². The zero-order chi connectivity index (χ0) is 15.2. The molecule has 0 unspecified atom stereocenters. The highest BCUT2D eigenvalue weighted by Gasteiger charge is 2.10. The number of nitro groups is 1. The van der Waals surface area contributed by atoms with Gasteiger partial charge in [0.05, 0.1) is 17.6 Å². The molecule has 0 aliphatic heterocycles. The van der Waals surface area contributed by atoms with Crippen LogP contribution in [0.25, 0.3) is 0 Å². The van der Waals surface area contributed by atoms with Crippen LogP contribution < -0.4 is 10.1 Å². The highest BCUT2D eigenvalue weighted by atomic mass is 16.6. The predicted molar refractivity (Wildman–Crippen MR) is 79.7 cm³/mol. The van der Waals surface area contributed by atoms with Gasteiger partial charge in [0, 0.05) is 49.7 Å². The van der Waals surface area contributed by atoms with Crippen molar-refractivity contribution >= 4 is 11.4 Å². The van der Waals surface area contributed by atoms with Gasteiger partial charge in [-0.1, -0.05) is 0 Å². The highest BCUT2D eigenvalue weighted by molar-refractivity contribution is 5.56. The number of nitro benzene ring substituents is 1. The van der Waals surface area contributed by atoms with E-state index in [9.17, 15) is 10.1 Å². The van der Waals surface area contributed by atoms with Gasteiger partial charge in [0.1, 0.15) is 5.75 Å². The molecule has 1 aromatic heterocycles. The molecule has 1 aromatic carbocycles. The second-order valence-corrected chi connectivity index (χ2v) is 4.53. The number of anilines is 1. The van der Waals surface area contributed by atoms with Gasteiger partial charge in [-0.15, -0.1) is 0 Å². The quantitative estimate of drug-likeness (QED) is 0.625. The van der Waals surface area contributed by atoms with Crippen LogP contribution in [0.2, 0.25) is 0 Å². The van der Waals surface area contributed by atoms with E-state index in [0.29, 0.717) is 24.6 Å². The third kappa shape index (κ3) is 3.95. The van der Waals surface area contributed by atoms with Crippen molar-refractivity contribution in [3.8, 4) is 5.75 Å². The first-order valence-electron chi connectivity index (χ1n) is 6.73. The molecule has 0 atom stereocenters. The molecule has 7 heteroatoms. The number of aryl methyl sites for hydroxylation is 1. The first-order chi connectivity index (χ1) is 10.1. The molecule has 21 heavy (non-hydrogen) atoms. The Bertz CT molecular complexity index is 624. The fourth-order valence-corrected chi connectivity index (χ4v) is 2.02. The summed E-state index contributed by atoms with van der Waals surface area (Å²) < 4.78 is 7.16. The highest BCUT2D eigenvalue weighted by Crippen LogP contribution is 2.26. The SMILES string of the molecule is CCOc1cc(NCCc2ccnn2C)cc([N+](=O)[O-])c1. The second-order valence-electron chi connectivity index (χ2n) is 4.53. The van der Waals surface area contributed by atoms with Crippen molar-refractivity contribution in [1.29, 1.82) is 0 Å². The number of nitrogens with one attached hydrogen (secondary N) is 1. The summed E-state index contributed by atoms with van der Waals surface area (Å²) in [6, 6.07) is 6.64. The third-order valence-electron chi connectivity index (χ3n) is 3.05. The van der Waals surface area contributed by atoms with Crippen LogP contribution in [0, 0.1) is 10.1 Å². The van der Waals surface area contributed by atoms with E-state index in [-0.39, 0.29) is 5.69 Å². The third-order valence-corrected chi connectivity index (χ3v) is 3.05. The second kappa shape index (κ2) is 6.74. The molecule has 2 rings (SSSR count). The Labute approximate surface area is 122 Å². The lowest BCUT2D eigenvalue weighted by atomic mass is 10.2. The minimum atomic E-state index is -0.422. The Morgan fingerprint density at radius 1 is 1.43 bits per heavy atom. The van der Waals surface area contributed by atoms with Crippen molar-refractivity contribution in [2.45, 2.75) is 13.3 Å². The summed E-state index contributed by atoms with van der Waals surface area (Å²) in [5.74, 6) is 0.495. The number of aromatic nitrogens is 2. The minimum absolute atomic E-state index is 0.0176. The summed E-state index contributed by atoms with van der Waals surface area (Å²) in [4.78, 5) is 10.5. The molecule has 0 bridgehead atoms. The van der Waals surface area contributed by atoms with E-state index in [1.54, 1.807) is 16.9 Å². The van der Waals surface area contributed by atoms with Gasteiger partial charge in [-0.25, -0.2) is 0 Å². The van der Waals surface area contributed by atoms with E-state index in [2.05, 4.69) is 10.4 Å². The molecule has 1 heterocycles. The molecule has 0 saturated heterocycles. The van der Waals surface area contributed by atoms with Gasteiger partial charge in [0.25, 0.3) is 5.69 Å². The van der Waals surface area contributed by atoms with Crippen LogP contribution in [0.3, 0.4) is 0 Å². The van der Waals surface area contributed by atoms with Crippen LogP contribution in [-0.2, 0) is 13.5 Å². The molecule has 2 aromatic rings. The Kier molecular flexibility index (Phi) is 4.76. The smallest absolute Gasteiger partial charge is 0.275 e. The van der Waals surface area contributed by atoms with Gasteiger partial charge in [-0.05, 0) is 13.0 Å². The van der Waals surface area contributed by atoms with E-state index in [4.69, 9.17) is 4.74 Å². The Hall–Kier alpha value is -2.57. The van der Waals surface area contributed by atoms with Gasteiger partial charge in [-0.3, -0.25) is 14.8 Å². The maximum Gasteiger partial charge on any atom is 0.275 e. The zero-order valence-corrected chi connectivity index (χ0v) is 12.1. The summed E-state index contributed by atoms with van der Waals surface area (Å²) in [6.07, 6.45) is 2.53. The molecule has 112 valence electrons. The first-order valence-corrected chi connectivity index (χ1v) is 6.73. The molecule has 1 N–H and O–H groups in total. The fourth-order valence-electron chi connectivity index (χ4n) is 2.02. The summed E-state index contributed by atoms with van der Waals surface area (Å²) in [7, 11) is 1.88. The molecule has 0 aliphatic rings. The average Bonchev–Trinajstić information content (AvgIpc) is 2.84. The summed E-state index contributed by atoms with van der Waals surface area (Å²) >= 11 is 0. The molecule has 0 aliphatic carbocycles. The van der Waals surface area contributed by atoms with Crippen LogP contribution in [0.15, 0.2) is 30.5 Å². The van der Waals surface area contributed by atoms with Gasteiger partial charge < -0.3 is 10.1 Å². The van der Waals surface area contributed by atoms with Crippen molar-refractivity contribution in [3.05, 3.63) is 46.3 Å². The van der Waals surface area contributed by atoms with Gasteiger partial charge in [0.2, 0.25) is 0 Å². The molecule has 7 nitrogen and oxygen atoms in total.